The van der Waals surface area contributed by atoms with Crippen molar-refractivity contribution in [3.8, 4) is 17.2 Å². The van der Waals surface area contributed by atoms with E-state index in [1.54, 1.807) is 17.0 Å². The highest BCUT2D eigenvalue weighted by molar-refractivity contribution is 7.15. The summed E-state index contributed by atoms with van der Waals surface area (Å²) in [6.45, 7) is 11.5. The first kappa shape index (κ1) is 26.4. The second kappa shape index (κ2) is 11.6. The molecule has 1 unspecified atom stereocenters. The Bertz CT molecular complexity index is 1260. The number of ether oxygens (including phenoxy) is 3. The van der Waals surface area contributed by atoms with Crippen molar-refractivity contribution in [3.63, 3.8) is 0 Å². The fraction of sp³-hybridized carbons (Fsp3) is 0.407. The molecule has 10 heteroatoms. The van der Waals surface area contributed by atoms with Gasteiger partial charge in [-0.05, 0) is 70.0 Å². The van der Waals surface area contributed by atoms with E-state index in [-0.39, 0.29) is 17.7 Å². The Kier molecular flexibility index (Phi) is 8.27. The molecule has 2 aromatic carbocycles. The normalized spacial score (nSPS) is 15.1. The number of nitrogens with one attached hydrogen (secondary N) is 1. The van der Waals surface area contributed by atoms with Crippen LogP contribution in [0.4, 0.5) is 10.8 Å². The maximum atomic E-state index is 13.1. The van der Waals surface area contributed by atoms with Gasteiger partial charge < -0.3 is 19.1 Å². The van der Waals surface area contributed by atoms with Crippen LogP contribution < -0.4 is 24.4 Å². The summed E-state index contributed by atoms with van der Waals surface area (Å²) in [6.07, 6.45) is 0.351. The minimum Gasteiger partial charge on any atom is -0.490 e. The van der Waals surface area contributed by atoms with Gasteiger partial charge in [0.2, 0.25) is 16.8 Å². The molecule has 1 aliphatic rings. The van der Waals surface area contributed by atoms with Crippen LogP contribution in [0.15, 0.2) is 30.3 Å². The Morgan fingerprint density at radius 2 is 1.68 bits per heavy atom. The SMILES string of the molecule is CCOc1cc(C(=O)Nc2nnc(C3CC(=O)N(c4ccc(C)c(C)c4)C3)s2)cc(OCC)c1OCC. The lowest BCUT2D eigenvalue weighted by molar-refractivity contribution is -0.117. The Morgan fingerprint density at radius 3 is 2.30 bits per heavy atom. The van der Waals surface area contributed by atoms with Crippen LogP contribution in [0.3, 0.4) is 0 Å². The number of nitrogens with zero attached hydrogens (tertiary/aromatic N) is 3. The monoisotopic (exact) mass is 524 g/mol. The average Bonchev–Trinajstić information content (AvgIpc) is 3.49. The molecule has 0 radical (unpaired) electrons. The Morgan fingerprint density at radius 1 is 1.00 bits per heavy atom. The van der Waals surface area contributed by atoms with Gasteiger partial charge in [0.1, 0.15) is 5.01 Å². The van der Waals surface area contributed by atoms with E-state index >= 15 is 0 Å². The molecule has 37 heavy (non-hydrogen) atoms. The van der Waals surface area contributed by atoms with Crippen molar-refractivity contribution in [1.29, 1.82) is 0 Å². The first-order valence-corrected chi connectivity index (χ1v) is 13.2. The van der Waals surface area contributed by atoms with Gasteiger partial charge in [-0.15, -0.1) is 10.2 Å². The minimum absolute atomic E-state index is 0.0512. The Labute approximate surface area is 220 Å². The highest BCUT2D eigenvalue weighted by Gasteiger charge is 2.34. The van der Waals surface area contributed by atoms with Crippen LogP contribution >= 0.6 is 11.3 Å². The van der Waals surface area contributed by atoms with E-state index in [1.165, 1.54) is 16.9 Å². The fourth-order valence-corrected chi connectivity index (χ4v) is 4.98. The van der Waals surface area contributed by atoms with Crippen LogP contribution in [-0.2, 0) is 4.79 Å². The van der Waals surface area contributed by atoms with Crippen molar-refractivity contribution >= 4 is 34.0 Å². The molecular formula is C27H32N4O5S. The van der Waals surface area contributed by atoms with E-state index < -0.39 is 0 Å². The molecule has 0 saturated carbocycles. The van der Waals surface area contributed by atoms with E-state index in [1.807, 2.05) is 52.8 Å². The van der Waals surface area contributed by atoms with Gasteiger partial charge in [-0.1, -0.05) is 17.4 Å². The minimum atomic E-state index is -0.369. The molecule has 4 rings (SSSR count). The van der Waals surface area contributed by atoms with Crippen molar-refractivity contribution in [1.82, 2.24) is 10.2 Å². The number of carbonyl (C=O) groups excluding carboxylic acids is 2. The van der Waals surface area contributed by atoms with Crippen molar-refractivity contribution < 1.29 is 23.8 Å². The number of aryl methyl sites for hydroxylation is 2. The number of hydrogen-bond donors (Lipinski definition) is 1. The molecule has 0 spiro atoms. The zero-order valence-electron chi connectivity index (χ0n) is 21.8. The molecular weight excluding hydrogens is 492 g/mol. The molecule has 2 amide bonds. The summed E-state index contributed by atoms with van der Waals surface area (Å²) >= 11 is 1.28. The van der Waals surface area contributed by atoms with E-state index in [0.29, 0.717) is 65.7 Å². The van der Waals surface area contributed by atoms with Gasteiger partial charge >= 0.3 is 0 Å². The molecule has 1 atom stereocenters. The topological polar surface area (TPSA) is 103 Å². The van der Waals surface area contributed by atoms with Gasteiger partial charge in [0.15, 0.2) is 11.5 Å². The zero-order valence-corrected chi connectivity index (χ0v) is 22.6. The molecule has 2 heterocycles. The standard InChI is InChI=1S/C27H32N4O5S/c1-6-34-21-12-18(13-22(35-7-2)24(21)36-8-3)25(33)28-27-30-29-26(37-27)19-14-23(32)31(15-19)20-10-9-16(4)17(5)11-20/h9-13,19H,6-8,14-15H2,1-5H3,(H,28,30,33). The van der Waals surface area contributed by atoms with Crippen LogP contribution in [-0.4, -0.2) is 48.4 Å². The predicted octanol–water partition coefficient (Wildman–Crippen LogP) is 5.12. The summed E-state index contributed by atoms with van der Waals surface area (Å²) < 4.78 is 17.1. The molecule has 1 aromatic heterocycles. The van der Waals surface area contributed by atoms with Crippen LogP contribution in [0.25, 0.3) is 0 Å². The number of carbonyl (C=O) groups is 2. The van der Waals surface area contributed by atoms with Crippen LogP contribution in [0.1, 0.15) is 59.6 Å². The summed E-state index contributed by atoms with van der Waals surface area (Å²) in [6, 6.07) is 9.29. The lowest BCUT2D eigenvalue weighted by atomic mass is 10.1. The lowest BCUT2D eigenvalue weighted by Gasteiger charge is -2.17. The number of aromatic nitrogens is 2. The van der Waals surface area contributed by atoms with E-state index in [2.05, 4.69) is 15.5 Å². The third kappa shape index (κ3) is 5.85. The smallest absolute Gasteiger partial charge is 0.257 e. The molecule has 0 aliphatic carbocycles. The number of rotatable bonds is 10. The molecule has 9 nitrogen and oxygen atoms in total. The van der Waals surface area contributed by atoms with Gasteiger partial charge in [0, 0.05) is 30.1 Å². The van der Waals surface area contributed by atoms with Crippen molar-refractivity contribution in [2.24, 2.45) is 0 Å². The maximum absolute atomic E-state index is 13.1. The quantitative estimate of drug-likeness (QED) is 0.392. The predicted molar refractivity (Wildman–Crippen MR) is 143 cm³/mol. The Balaban J connectivity index is 1.49. The van der Waals surface area contributed by atoms with E-state index in [4.69, 9.17) is 14.2 Å². The molecule has 1 fully saturated rings. The molecule has 3 aromatic rings. The third-order valence-corrected chi connectivity index (χ3v) is 7.11. The second-order valence-electron chi connectivity index (χ2n) is 8.67. The lowest BCUT2D eigenvalue weighted by Crippen LogP contribution is -2.24. The number of hydrogen-bond acceptors (Lipinski definition) is 8. The average molecular weight is 525 g/mol. The summed E-state index contributed by atoms with van der Waals surface area (Å²) in [5, 5.41) is 12.3. The Hall–Kier alpha value is -3.66. The van der Waals surface area contributed by atoms with Crippen LogP contribution in [0.5, 0.6) is 17.2 Å². The molecule has 196 valence electrons. The van der Waals surface area contributed by atoms with E-state index in [0.717, 1.165) is 11.3 Å². The van der Waals surface area contributed by atoms with Gasteiger partial charge in [-0.2, -0.15) is 0 Å². The van der Waals surface area contributed by atoms with Gasteiger partial charge in [-0.25, -0.2) is 0 Å². The first-order valence-electron chi connectivity index (χ1n) is 12.4. The second-order valence-corrected chi connectivity index (χ2v) is 9.68. The first-order chi connectivity index (χ1) is 17.8. The number of amides is 2. The third-order valence-electron chi connectivity index (χ3n) is 6.11. The molecule has 1 aliphatic heterocycles. The largest absolute Gasteiger partial charge is 0.490 e. The number of anilines is 2. The highest BCUT2D eigenvalue weighted by Crippen LogP contribution is 2.40. The summed E-state index contributed by atoms with van der Waals surface area (Å²) in [7, 11) is 0. The van der Waals surface area contributed by atoms with Gasteiger partial charge in [0.25, 0.3) is 5.91 Å². The van der Waals surface area contributed by atoms with Gasteiger partial charge in [-0.3, -0.25) is 14.9 Å². The van der Waals surface area contributed by atoms with Crippen molar-refractivity contribution in [3.05, 3.63) is 52.0 Å². The number of benzene rings is 2. The fourth-order valence-electron chi connectivity index (χ4n) is 4.16. The zero-order chi connectivity index (χ0) is 26.5. The van der Waals surface area contributed by atoms with Crippen LogP contribution in [0.2, 0.25) is 0 Å². The molecule has 0 bridgehead atoms. The van der Waals surface area contributed by atoms with E-state index in [9.17, 15) is 9.59 Å². The molecule has 1 saturated heterocycles. The van der Waals surface area contributed by atoms with Crippen molar-refractivity contribution in [2.75, 3.05) is 36.6 Å². The maximum Gasteiger partial charge on any atom is 0.257 e. The van der Waals surface area contributed by atoms with Crippen molar-refractivity contribution in [2.45, 2.75) is 47.0 Å². The summed E-state index contributed by atoms with van der Waals surface area (Å²) in [5.74, 6) is 0.947. The summed E-state index contributed by atoms with van der Waals surface area (Å²) in [5.41, 5.74) is 3.57. The highest BCUT2D eigenvalue weighted by atomic mass is 32.1. The summed E-state index contributed by atoms with van der Waals surface area (Å²) in [4.78, 5) is 27.6. The molecule has 1 N–H and O–H groups in total. The van der Waals surface area contributed by atoms with Gasteiger partial charge in [0.05, 0.1) is 19.8 Å². The van der Waals surface area contributed by atoms with Crippen LogP contribution in [0, 0.1) is 13.8 Å².